The molecule has 1 aromatic heterocycles. The lowest BCUT2D eigenvalue weighted by Gasteiger charge is -2.01. The first-order valence-electron chi connectivity index (χ1n) is 4.57. The molecule has 2 aromatic rings. The predicted molar refractivity (Wildman–Crippen MR) is 62.7 cm³/mol. The maximum Gasteiger partial charge on any atom is 0.360 e. The van der Waals surface area contributed by atoms with Crippen molar-refractivity contribution in [2.24, 2.45) is 0 Å². The highest BCUT2D eigenvalue weighted by Crippen LogP contribution is 2.21. The molecule has 88 valence electrons. The van der Waals surface area contributed by atoms with Crippen molar-refractivity contribution in [2.75, 3.05) is 7.11 Å². The van der Waals surface area contributed by atoms with Crippen LogP contribution in [0.5, 0.6) is 0 Å². The van der Waals surface area contributed by atoms with Gasteiger partial charge in [-0.25, -0.2) is 9.48 Å². The van der Waals surface area contributed by atoms with Gasteiger partial charge in [-0.3, -0.25) is 0 Å². The van der Waals surface area contributed by atoms with E-state index in [1.165, 1.54) is 18.0 Å². The van der Waals surface area contributed by atoms with Crippen molar-refractivity contribution in [3.8, 4) is 5.69 Å². The van der Waals surface area contributed by atoms with E-state index < -0.39 is 5.97 Å². The number of aromatic nitrogens is 3. The van der Waals surface area contributed by atoms with Gasteiger partial charge in [0.1, 0.15) is 0 Å². The SMILES string of the molecule is COC(=O)c1cn(-c2cc(Cl)cc(Cl)c2)nn1. The largest absolute Gasteiger partial charge is 0.464 e. The van der Waals surface area contributed by atoms with Gasteiger partial charge in [-0.15, -0.1) is 5.10 Å². The molecule has 17 heavy (non-hydrogen) atoms. The van der Waals surface area contributed by atoms with Crippen LogP contribution in [0, 0.1) is 0 Å². The van der Waals surface area contributed by atoms with Crippen LogP contribution in [0.2, 0.25) is 10.0 Å². The molecule has 0 saturated carbocycles. The molecule has 2 rings (SSSR count). The average molecular weight is 272 g/mol. The van der Waals surface area contributed by atoms with Crippen LogP contribution in [-0.2, 0) is 4.74 Å². The molecule has 7 heteroatoms. The molecule has 0 unspecified atom stereocenters. The summed E-state index contributed by atoms with van der Waals surface area (Å²) >= 11 is 11.7. The van der Waals surface area contributed by atoms with Gasteiger partial charge in [-0.1, -0.05) is 28.4 Å². The second kappa shape index (κ2) is 4.73. The average Bonchev–Trinajstić information content (AvgIpc) is 2.76. The molecule has 5 nitrogen and oxygen atoms in total. The van der Waals surface area contributed by atoms with Gasteiger partial charge in [0.15, 0.2) is 5.69 Å². The van der Waals surface area contributed by atoms with Crippen molar-refractivity contribution >= 4 is 29.2 Å². The van der Waals surface area contributed by atoms with Crippen LogP contribution >= 0.6 is 23.2 Å². The van der Waals surface area contributed by atoms with E-state index in [4.69, 9.17) is 23.2 Å². The first-order valence-corrected chi connectivity index (χ1v) is 5.33. The van der Waals surface area contributed by atoms with Gasteiger partial charge in [-0.2, -0.15) is 0 Å². The number of esters is 1. The summed E-state index contributed by atoms with van der Waals surface area (Å²) in [6, 6.07) is 4.91. The lowest BCUT2D eigenvalue weighted by atomic mass is 10.3. The van der Waals surface area contributed by atoms with Crippen LogP contribution in [0.25, 0.3) is 5.69 Å². The Morgan fingerprint density at radius 2 is 1.94 bits per heavy atom. The van der Waals surface area contributed by atoms with Gasteiger partial charge >= 0.3 is 5.97 Å². The zero-order valence-corrected chi connectivity index (χ0v) is 10.2. The maximum atomic E-state index is 11.2. The lowest BCUT2D eigenvalue weighted by molar-refractivity contribution is 0.0594. The molecule has 0 fully saturated rings. The summed E-state index contributed by atoms with van der Waals surface area (Å²) in [6.07, 6.45) is 1.44. The quantitative estimate of drug-likeness (QED) is 0.787. The highest BCUT2D eigenvalue weighted by Gasteiger charge is 2.11. The highest BCUT2D eigenvalue weighted by molar-refractivity contribution is 6.34. The standard InChI is InChI=1S/C10H7Cl2N3O2/c1-17-10(16)9-5-15(14-13-9)8-3-6(11)2-7(12)4-8/h2-5H,1H3. The summed E-state index contributed by atoms with van der Waals surface area (Å²) < 4.78 is 5.92. The third-order valence-corrected chi connectivity index (χ3v) is 2.44. The topological polar surface area (TPSA) is 57.0 Å². The minimum Gasteiger partial charge on any atom is -0.464 e. The summed E-state index contributed by atoms with van der Waals surface area (Å²) in [6.45, 7) is 0. The second-order valence-corrected chi connectivity index (χ2v) is 4.04. The molecule has 0 spiro atoms. The number of ether oxygens (including phenoxy) is 1. The lowest BCUT2D eigenvalue weighted by Crippen LogP contribution is -2.01. The molecule has 0 atom stereocenters. The molecule has 0 amide bonds. The molecule has 0 bridgehead atoms. The minimum atomic E-state index is -0.552. The fourth-order valence-corrected chi connectivity index (χ4v) is 1.77. The summed E-state index contributed by atoms with van der Waals surface area (Å²) in [5.74, 6) is -0.552. The molecular formula is C10H7Cl2N3O2. The Bertz CT molecular complexity index is 548. The van der Waals surface area contributed by atoms with E-state index in [1.807, 2.05) is 0 Å². The minimum absolute atomic E-state index is 0.114. The summed E-state index contributed by atoms with van der Waals surface area (Å²) in [4.78, 5) is 11.2. The molecule has 0 aliphatic heterocycles. The number of carbonyl (C=O) groups is 1. The van der Waals surface area contributed by atoms with Crippen molar-refractivity contribution in [3.63, 3.8) is 0 Å². The first kappa shape index (κ1) is 11.9. The number of carbonyl (C=O) groups excluding carboxylic acids is 1. The Labute approximate surface area is 107 Å². The normalized spacial score (nSPS) is 10.3. The van der Waals surface area contributed by atoms with Gasteiger partial charge in [0.25, 0.3) is 0 Å². The Morgan fingerprint density at radius 3 is 2.53 bits per heavy atom. The number of hydrogen-bond acceptors (Lipinski definition) is 4. The molecule has 1 aromatic carbocycles. The zero-order chi connectivity index (χ0) is 12.4. The van der Waals surface area contributed by atoms with Crippen molar-refractivity contribution in [3.05, 3.63) is 40.1 Å². The predicted octanol–water partition coefficient (Wildman–Crippen LogP) is 2.36. The van der Waals surface area contributed by atoms with Crippen molar-refractivity contribution < 1.29 is 9.53 Å². The highest BCUT2D eigenvalue weighted by atomic mass is 35.5. The third-order valence-electron chi connectivity index (χ3n) is 2.00. The summed E-state index contributed by atoms with van der Waals surface area (Å²) in [5, 5.41) is 8.41. The van der Waals surface area contributed by atoms with Crippen molar-refractivity contribution in [1.29, 1.82) is 0 Å². The number of halogens is 2. The molecule has 0 N–H and O–H groups in total. The van der Waals surface area contributed by atoms with E-state index >= 15 is 0 Å². The Morgan fingerprint density at radius 1 is 1.29 bits per heavy atom. The van der Waals surface area contributed by atoms with Crippen LogP contribution in [0.4, 0.5) is 0 Å². The summed E-state index contributed by atoms with van der Waals surface area (Å²) in [5.41, 5.74) is 0.730. The van der Waals surface area contributed by atoms with E-state index in [9.17, 15) is 4.79 Å². The van der Waals surface area contributed by atoms with Crippen LogP contribution in [0.3, 0.4) is 0 Å². The monoisotopic (exact) mass is 271 g/mol. The molecule has 0 aliphatic rings. The first-order chi connectivity index (χ1) is 8.10. The third kappa shape index (κ3) is 2.57. The molecule has 0 saturated heterocycles. The number of benzene rings is 1. The van der Waals surface area contributed by atoms with Crippen molar-refractivity contribution in [1.82, 2.24) is 15.0 Å². The zero-order valence-electron chi connectivity index (χ0n) is 8.72. The smallest absolute Gasteiger partial charge is 0.360 e. The Balaban J connectivity index is 2.40. The van der Waals surface area contributed by atoms with Crippen LogP contribution in [0.1, 0.15) is 10.5 Å². The van der Waals surface area contributed by atoms with E-state index in [0.29, 0.717) is 15.7 Å². The molecular weight excluding hydrogens is 265 g/mol. The second-order valence-electron chi connectivity index (χ2n) is 3.17. The van der Waals surface area contributed by atoms with Crippen LogP contribution in [0.15, 0.2) is 24.4 Å². The molecule has 1 heterocycles. The van der Waals surface area contributed by atoms with Crippen LogP contribution in [-0.4, -0.2) is 28.1 Å². The van der Waals surface area contributed by atoms with Gasteiger partial charge in [0.05, 0.1) is 19.0 Å². The molecule has 0 radical (unpaired) electrons. The number of nitrogens with zero attached hydrogens (tertiary/aromatic N) is 3. The Kier molecular flexibility index (Phi) is 3.31. The van der Waals surface area contributed by atoms with E-state index in [0.717, 1.165) is 0 Å². The van der Waals surface area contributed by atoms with E-state index in [2.05, 4.69) is 15.0 Å². The van der Waals surface area contributed by atoms with Gasteiger partial charge in [0.2, 0.25) is 0 Å². The maximum absolute atomic E-state index is 11.2. The van der Waals surface area contributed by atoms with E-state index in [-0.39, 0.29) is 5.69 Å². The van der Waals surface area contributed by atoms with Gasteiger partial charge < -0.3 is 4.74 Å². The van der Waals surface area contributed by atoms with Gasteiger partial charge in [-0.05, 0) is 18.2 Å². The number of rotatable bonds is 2. The fraction of sp³-hybridized carbons (Fsp3) is 0.100. The number of hydrogen-bond donors (Lipinski definition) is 0. The Hall–Kier alpha value is -1.59. The molecule has 0 aliphatic carbocycles. The van der Waals surface area contributed by atoms with Crippen LogP contribution < -0.4 is 0 Å². The number of methoxy groups -OCH3 is 1. The fourth-order valence-electron chi connectivity index (χ4n) is 1.26. The van der Waals surface area contributed by atoms with E-state index in [1.54, 1.807) is 18.2 Å². The van der Waals surface area contributed by atoms with Gasteiger partial charge in [0, 0.05) is 10.0 Å². The van der Waals surface area contributed by atoms with Crippen molar-refractivity contribution in [2.45, 2.75) is 0 Å². The summed E-state index contributed by atoms with van der Waals surface area (Å²) in [7, 11) is 1.28.